The number of likely N-dealkylation sites (tertiary alicyclic amines) is 1. The largest absolute Gasteiger partial charge is 0.336 e. The van der Waals surface area contributed by atoms with Crippen molar-refractivity contribution in [1.29, 1.82) is 0 Å². The van der Waals surface area contributed by atoms with Gasteiger partial charge in [-0.2, -0.15) is 14.9 Å². The van der Waals surface area contributed by atoms with Crippen molar-refractivity contribution < 1.29 is 0 Å². The topological polar surface area (TPSA) is 97.9 Å². The molecule has 232 valence electrons. The predicted octanol–water partition coefficient (Wildman–Crippen LogP) is 6.09. The van der Waals surface area contributed by atoms with Gasteiger partial charge in [0.25, 0.3) is 11.1 Å². The number of aromatic nitrogens is 5. The van der Waals surface area contributed by atoms with Gasteiger partial charge in [0.15, 0.2) is 0 Å². The molecule has 0 unspecified atom stereocenters. The highest BCUT2D eigenvalue weighted by atomic mass is 16.1. The van der Waals surface area contributed by atoms with Gasteiger partial charge in [0.05, 0.1) is 23.0 Å². The Kier molecular flexibility index (Phi) is 8.14. The SMILES string of the molecule is CCN1CCC(c2ccc(Nc3cc(-c4cccc(-n5ncc6cc(C(C)(C)C)ccc6c5=O)c4C)nn(C)c3=O)nc2)CC1. The molecule has 1 aliphatic rings. The number of fused-ring (bicyclic) bond motifs is 1. The van der Waals surface area contributed by atoms with E-state index in [1.807, 2.05) is 55.6 Å². The molecule has 45 heavy (non-hydrogen) atoms. The van der Waals surface area contributed by atoms with Crippen molar-refractivity contribution in [2.45, 2.75) is 58.8 Å². The minimum Gasteiger partial charge on any atom is -0.336 e. The van der Waals surface area contributed by atoms with E-state index in [4.69, 9.17) is 0 Å². The molecule has 6 rings (SSSR count). The maximum atomic E-state index is 13.6. The molecule has 0 radical (unpaired) electrons. The summed E-state index contributed by atoms with van der Waals surface area (Å²) >= 11 is 0. The molecule has 1 aliphatic heterocycles. The number of nitrogens with one attached hydrogen (secondary N) is 1. The number of aryl methyl sites for hydroxylation is 1. The number of piperidine rings is 1. The molecule has 1 N–H and O–H groups in total. The zero-order valence-electron chi connectivity index (χ0n) is 27.0. The van der Waals surface area contributed by atoms with E-state index in [1.165, 1.54) is 14.9 Å². The molecule has 5 aromatic rings. The third-order valence-corrected chi connectivity index (χ3v) is 9.08. The van der Waals surface area contributed by atoms with E-state index in [0.717, 1.165) is 54.6 Å². The molecule has 2 aromatic carbocycles. The molecule has 9 heteroatoms. The fourth-order valence-electron chi connectivity index (χ4n) is 6.19. The second kappa shape index (κ2) is 12.0. The van der Waals surface area contributed by atoms with E-state index in [0.29, 0.717) is 34.2 Å². The lowest BCUT2D eigenvalue weighted by molar-refractivity contribution is 0.222. The lowest BCUT2D eigenvalue weighted by atomic mass is 9.86. The fraction of sp³-hybridized carbons (Fsp3) is 0.361. The molecule has 0 aliphatic carbocycles. The van der Waals surface area contributed by atoms with Crippen LogP contribution in [0.1, 0.15) is 63.1 Å². The van der Waals surface area contributed by atoms with E-state index in [-0.39, 0.29) is 16.5 Å². The van der Waals surface area contributed by atoms with Crippen molar-refractivity contribution in [3.05, 3.63) is 104 Å². The van der Waals surface area contributed by atoms with Gasteiger partial charge in [-0.05, 0) is 97.8 Å². The maximum absolute atomic E-state index is 13.6. The van der Waals surface area contributed by atoms with Crippen LogP contribution in [-0.4, -0.2) is 49.1 Å². The summed E-state index contributed by atoms with van der Waals surface area (Å²) in [5, 5.41) is 13.8. The lowest BCUT2D eigenvalue weighted by Gasteiger charge is -2.31. The van der Waals surface area contributed by atoms with E-state index < -0.39 is 0 Å². The van der Waals surface area contributed by atoms with E-state index in [9.17, 15) is 9.59 Å². The Labute approximate surface area is 263 Å². The van der Waals surface area contributed by atoms with Gasteiger partial charge >= 0.3 is 0 Å². The second-order valence-electron chi connectivity index (χ2n) is 13.0. The summed E-state index contributed by atoms with van der Waals surface area (Å²) in [6, 6.07) is 17.4. The predicted molar refractivity (Wildman–Crippen MR) is 181 cm³/mol. The first-order valence-corrected chi connectivity index (χ1v) is 15.7. The van der Waals surface area contributed by atoms with Gasteiger partial charge in [0.1, 0.15) is 11.5 Å². The molecule has 1 fully saturated rings. The summed E-state index contributed by atoms with van der Waals surface area (Å²) in [6.45, 7) is 13.9. The minimum atomic E-state index is -0.257. The van der Waals surface area contributed by atoms with Crippen LogP contribution in [0.25, 0.3) is 27.7 Å². The highest BCUT2D eigenvalue weighted by molar-refractivity contribution is 5.82. The summed E-state index contributed by atoms with van der Waals surface area (Å²) in [5.41, 5.74) is 5.16. The third kappa shape index (κ3) is 6.04. The molecule has 0 atom stereocenters. The molecule has 1 saturated heterocycles. The fourth-order valence-corrected chi connectivity index (χ4v) is 6.19. The monoisotopic (exact) mass is 603 g/mol. The van der Waals surface area contributed by atoms with E-state index in [2.05, 4.69) is 59.2 Å². The van der Waals surface area contributed by atoms with Gasteiger partial charge in [-0.3, -0.25) is 9.59 Å². The van der Waals surface area contributed by atoms with Crippen molar-refractivity contribution >= 4 is 22.3 Å². The Morgan fingerprint density at radius 3 is 2.42 bits per heavy atom. The van der Waals surface area contributed by atoms with Gasteiger partial charge in [0, 0.05) is 24.2 Å². The van der Waals surface area contributed by atoms with Crippen molar-refractivity contribution in [3.8, 4) is 16.9 Å². The van der Waals surface area contributed by atoms with Gasteiger partial charge in [0.2, 0.25) is 0 Å². The molecule has 0 amide bonds. The third-order valence-electron chi connectivity index (χ3n) is 9.08. The molecule has 9 nitrogen and oxygen atoms in total. The van der Waals surface area contributed by atoms with Gasteiger partial charge < -0.3 is 10.2 Å². The summed E-state index contributed by atoms with van der Waals surface area (Å²) in [4.78, 5) is 33.9. The second-order valence-corrected chi connectivity index (χ2v) is 13.0. The number of hydrogen-bond donors (Lipinski definition) is 1. The molecule has 3 aromatic heterocycles. The molecule has 0 bridgehead atoms. The lowest BCUT2D eigenvalue weighted by Crippen LogP contribution is -2.32. The first kappa shape index (κ1) is 30.4. The van der Waals surface area contributed by atoms with Crippen LogP contribution in [0.2, 0.25) is 0 Å². The van der Waals surface area contributed by atoms with Gasteiger partial charge in [-0.15, -0.1) is 0 Å². The Morgan fingerprint density at radius 1 is 0.956 bits per heavy atom. The summed E-state index contributed by atoms with van der Waals surface area (Å²) in [5.74, 6) is 1.11. The van der Waals surface area contributed by atoms with E-state index in [1.54, 1.807) is 19.3 Å². The van der Waals surface area contributed by atoms with Crippen LogP contribution >= 0.6 is 0 Å². The average Bonchev–Trinajstić information content (AvgIpc) is 3.03. The zero-order chi connectivity index (χ0) is 31.9. The maximum Gasteiger partial charge on any atom is 0.290 e. The van der Waals surface area contributed by atoms with Crippen molar-refractivity contribution in [1.82, 2.24) is 29.4 Å². The molecular weight excluding hydrogens is 562 g/mol. The highest BCUT2D eigenvalue weighted by Crippen LogP contribution is 2.30. The molecule has 0 spiro atoms. The van der Waals surface area contributed by atoms with Crippen molar-refractivity contribution in [2.24, 2.45) is 7.05 Å². The normalized spacial score (nSPS) is 14.6. The zero-order valence-corrected chi connectivity index (χ0v) is 27.0. The van der Waals surface area contributed by atoms with Crippen molar-refractivity contribution in [3.63, 3.8) is 0 Å². The average molecular weight is 604 g/mol. The number of pyridine rings is 1. The summed E-state index contributed by atoms with van der Waals surface area (Å²) in [6.07, 6.45) is 5.94. The van der Waals surface area contributed by atoms with Crippen LogP contribution < -0.4 is 16.4 Å². The molecule has 0 saturated carbocycles. The molecular formula is C36H41N7O2. The van der Waals surface area contributed by atoms with Crippen molar-refractivity contribution in [2.75, 3.05) is 25.0 Å². The number of hydrogen-bond acceptors (Lipinski definition) is 7. The number of benzene rings is 2. The smallest absolute Gasteiger partial charge is 0.290 e. The van der Waals surface area contributed by atoms with Crippen LogP contribution in [0.5, 0.6) is 0 Å². The highest BCUT2D eigenvalue weighted by Gasteiger charge is 2.21. The van der Waals surface area contributed by atoms with Crippen LogP contribution in [0.4, 0.5) is 11.5 Å². The number of nitrogens with zero attached hydrogens (tertiary/aromatic N) is 6. The standard InChI is InChI=1S/C36H41N7O2/c1-7-42-17-15-24(16-18-42)25-11-14-33(37-21-25)39-31-20-30(40-41(6)35(31)45)28-9-8-10-32(23(28)2)43-34(44)29-13-12-27(36(3,4)5)19-26(29)22-38-43/h8-14,19-22,24H,7,15-18H2,1-6H3,(H,37,39). The molecule has 4 heterocycles. The van der Waals surface area contributed by atoms with E-state index >= 15 is 0 Å². The van der Waals surface area contributed by atoms with Gasteiger partial charge in [-0.1, -0.05) is 52.0 Å². The Bertz CT molecular complexity index is 1980. The van der Waals surface area contributed by atoms with Crippen LogP contribution in [-0.2, 0) is 12.5 Å². The van der Waals surface area contributed by atoms with Crippen LogP contribution in [0, 0.1) is 6.92 Å². The number of anilines is 2. The number of rotatable bonds is 6. The quantitative estimate of drug-likeness (QED) is 0.251. The Balaban J connectivity index is 1.30. The first-order chi connectivity index (χ1) is 21.5. The van der Waals surface area contributed by atoms with Crippen LogP contribution in [0.15, 0.2) is 76.6 Å². The van der Waals surface area contributed by atoms with Crippen LogP contribution in [0.3, 0.4) is 0 Å². The minimum absolute atomic E-state index is 0.0317. The van der Waals surface area contributed by atoms with Gasteiger partial charge in [-0.25, -0.2) is 9.67 Å². The summed E-state index contributed by atoms with van der Waals surface area (Å²) in [7, 11) is 1.64. The Morgan fingerprint density at radius 2 is 1.73 bits per heavy atom. The Hall–Kier alpha value is -4.63. The summed E-state index contributed by atoms with van der Waals surface area (Å²) < 4.78 is 2.77. The first-order valence-electron chi connectivity index (χ1n) is 15.7.